The standard InChI is InChI=1S/C15H18N2O3S/c1-3-4-11-10(14(19)17-15(21)16-11)7-9-5-6-12(18)13(8-9)20-2/h5-6,8,18H,3-4,7H2,1-2H3,(H2,16,17,19,21). The zero-order chi connectivity index (χ0) is 15.4. The van der Waals surface area contributed by atoms with Gasteiger partial charge in [0, 0.05) is 17.7 Å². The molecule has 1 aromatic carbocycles. The molecule has 0 aliphatic rings. The molecule has 0 saturated heterocycles. The number of aromatic amines is 2. The van der Waals surface area contributed by atoms with Gasteiger partial charge >= 0.3 is 0 Å². The average molecular weight is 306 g/mol. The van der Waals surface area contributed by atoms with Crippen LogP contribution >= 0.6 is 12.2 Å². The second-order valence-corrected chi connectivity index (χ2v) is 5.21. The lowest BCUT2D eigenvalue weighted by molar-refractivity contribution is 0.373. The van der Waals surface area contributed by atoms with Gasteiger partial charge < -0.3 is 14.8 Å². The van der Waals surface area contributed by atoms with Gasteiger partial charge in [-0.3, -0.25) is 9.78 Å². The first-order chi connectivity index (χ1) is 10.0. The number of rotatable bonds is 5. The van der Waals surface area contributed by atoms with Crippen LogP contribution in [0.2, 0.25) is 0 Å². The fourth-order valence-corrected chi connectivity index (χ4v) is 2.46. The lowest BCUT2D eigenvalue weighted by atomic mass is 10.0. The summed E-state index contributed by atoms with van der Waals surface area (Å²) in [5, 5.41) is 9.62. The molecule has 0 saturated carbocycles. The number of aromatic hydroxyl groups is 1. The lowest BCUT2D eigenvalue weighted by Gasteiger charge is -2.10. The summed E-state index contributed by atoms with van der Waals surface area (Å²) in [4.78, 5) is 17.8. The quantitative estimate of drug-likeness (QED) is 0.742. The smallest absolute Gasteiger partial charge is 0.255 e. The van der Waals surface area contributed by atoms with E-state index in [0.29, 0.717) is 22.5 Å². The minimum Gasteiger partial charge on any atom is -0.504 e. The predicted octanol–water partition coefficient (Wildman–Crippen LogP) is 2.69. The number of methoxy groups -OCH3 is 1. The van der Waals surface area contributed by atoms with Crippen LogP contribution in [0.25, 0.3) is 0 Å². The van der Waals surface area contributed by atoms with Crippen LogP contribution in [0, 0.1) is 4.77 Å². The molecule has 0 unspecified atom stereocenters. The van der Waals surface area contributed by atoms with Crippen LogP contribution in [0.15, 0.2) is 23.0 Å². The summed E-state index contributed by atoms with van der Waals surface area (Å²) < 4.78 is 5.43. The zero-order valence-corrected chi connectivity index (χ0v) is 12.8. The van der Waals surface area contributed by atoms with Gasteiger partial charge in [0.05, 0.1) is 7.11 Å². The maximum atomic E-state index is 12.1. The van der Waals surface area contributed by atoms with Gasteiger partial charge in [0.2, 0.25) is 0 Å². The molecule has 2 aromatic rings. The van der Waals surface area contributed by atoms with Crippen LogP contribution in [-0.2, 0) is 12.8 Å². The number of phenolic OH excluding ortho intramolecular Hbond substituents is 1. The SMILES string of the molecule is CCCc1[nH]c(=S)[nH]c(=O)c1Cc1ccc(O)c(OC)c1. The molecule has 1 heterocycles. The predicted molar refractivity (Wildman–Crippen MR) is 83.7 cm³/mol. The third kappa shape index (κ3) is 3.52. The molecule has 0 atom stereocenters. The van der Waals surface area contributed by atoms with Gasteiger partial charge in [-0.1, -0.05) is 19.4 Å². The summed E-state index contributed by atoms with van der Waals surface area (Å²) in [5.41, 5.74) is 2.24. The van der Waals surface area contributed by atoms with Crippen LogP contribution in [-0.4, -0.2) is 22.2 Å². The average Bonchev–Trinajstić information content (AvgIpc) is 2.44. The van der Waals surface area contributed by atoms with Gasteiger partial charge in [0.15, 0.2) is 16.3 Å². The molecule has 0 fully saturated rings. The van der Waals surface area contributed by atoms with Crippen LogP contribution in [0.3, 0.4) is 0 Å². The zero-order valence-electron chi connectivity index (χ0n) is 12.0. The highest BCUT2D eigenvalue weighted by Gasteiger charge is 2.10. The summed E-state index contributed by atoms with van der Waals surface area (Å²) >= 11 is 5.02. The van der Waals surface area contributed by atoms with E-state index in [2.05, 4.69) is 9.97 Å². The van der Waals surface area contributed by atoms with Crippen molar-refractivity contribution in [3.8, 4) is 11.5 Å². The number of phenols is 1. The summed E-state index contributed by atoms with van der Waals surface area (Å²) in [6, 6.07) is 5.06. The monoisotopic (exact) mass is 306 g/mol. The number of nitrogens with one attached hydrogen (secondary N) is 2. The number of hydrogen-bond acceptors (Lipinski definition) is 4. The Morgan fingerprint density at radius 2 is 2.10 bits per heavy atom. The highest BCUT2D eigenvalue weighted by atomic mass is 32.1. The van der Waals surface area contributed by atoms with Crippen molar-refractivity contribution in [3.05, 3.63) is 50.1 Å². The van der Waals surface area contributed by atoms with Crippen molar-refractivity contribution in [1.29, 1.82) is 0 Å². The van der Waals surface area contributed by atoms with E-state index in [1.54, 1.807) is 18.2 Å². The van der Waals surface area contributed by atoms with Crippen molar-refractivity contribution < 1.29 is 9.84 Å². The number of hydrogen-bond donors (Lipinski definition) is 3. The van der Waals surface area contributed by atoms with Gasteiger partial charge in [0.25, 0.3) is 5.56 Å². The second-order valence-electron chi connectivity index (χ2n) is 4.80. The van der Waals surface area contributed by atoms with Gasteiger partial charge in [-0.05, 0) is 36.3 Å². The largest absolute Gasteiger partial charge is 0.504 e. The Hall–Kier alpha value is -2.08. The minimum atomic E-state index is -0.172. The van der Waals surface area contributed by atoms with Crippen LogP contribution in [0.4, 0.5) is 0 Å². The molecule has 6 heteroatoms. The molecular weight excluding hydrogens is 288 g/mol. The summed E-state index contributed by atoms with van der Waals surface area (Å²) in [5.74, 6) is 0.473. The molecule has 5 nitrogen and oxygen atoms in total. The Bertz CT molecular complexity index is 749. The molecule has 2 rings (SSSR count). The van der Waals surface area contributed by atoms with Crippen LogP contribution in [0.1, 0.15) is 30.2 Å². The number of aromatic nitrogens is 2. The van der Waals surface area contributed by atoms with E-state index >= 15 is 0 Å². The first-order valence-electron chi connectivity index (χ1n) is 6.75. The summed E-state index contributed by atoms with van der Waals surface area (Å²) in [7, 11) is 1.49. The Morgan fingerprint density at radius 1 is 1.33 bits per heavy atom. The van der Waals surface area contributed by atoms with E-state index in [1.807, 2.05) is 6.92 Å². The van der Waals surface area contributed by atoms with E-state index in [0.717, 1.165) is 24.1 Å². The van der Waals surface area contributed by atoms with Crippen LogP contribution < -0.4 is 10.3 Å². The maximum absolute atomic E-state index is 12.1. The molecule has 3 N–H and O–H groups in total. The summed E-state index contributed by atoms with van der Waals surface area (Å²) in [6.45, 7) is 2.05. The molecule has 0 amide bonds. The van der Waals surface area contributed by atoms with Crippen molar-refractivity contribution in [1.82, 2.24) is 9.97 Å². The van der Waals surface area contributed by atoms with E-state index in [-0.39, 0.29) is 11.3 Å². The number of benzene rings is 1. The molecule has 0 bridgehead atoms. The van der Waals surface area contributed by atoms with Gasteiger partial charge in [0.1, 0.15) is 0 Å². The van der Waals surface area contributed by atoms with Gasteiger partial charge in [-0.25, -0.2) is 0 Å². The third-order valence-electron chi connectivity index (χ3n) is 3.25. The van der Waals surface area contributed by atoms with E-state index in [9.17, 15) is 9.90 Å². The van der Waals surface area contributed by atoms with Crippen LogP contribution in [0.5, 0.6) is 11.5 Å². The third-order valence-corrected chi connectivity index (χ3v) is 3.46. The molecule has 0 spiro atoms. The van der Waals surface area contributed by atoms with Crippen molar-refractivity contribution in [2.24, 2.45) is 0 Å². The Labute approximate surface area is 127 Å². The molecule has 112 valence electrons. The Morgan fingerprint density at radius 3 is 2.76 bits per heavy atom. The second kappa shape index (κ2) is 6.58. The lowest BCUT2D eigenvalue weighted by Crippen LogP contribution is -2.18. The minimum absolute atomic E-state index is 0.0800. The van der Waals surface area contributed by atoms with Crippen molar-refractivity contribution in [2.45, 2.75) is 26.2 Å². The highest BCUT2D eigenvalue weighted by Crippen LogP contribution is 2.27. The summed E-state index contributed by atoms with van der Waals surface area (Å²) in [6.07, 6.45) is 2.13. The molecule has 1 aromatic heterocycles. The van der Waals surface area contributed by atoms with E-state index in [1.165, 1.54) is 7.11 Å². The normalized spacial score (nSPS) is 10.6. The number of H-pyrrole nitrogens is 2. The fourth-order valence-electron chi connectivity index (χ4n) is 2.25. The van der Waals surface area contributed by atoms with Gasteiger partial charge in [-0.15, -0.1) is 0 Å². The topological polar surface area (TPSA) is 78.1 Å². The molecule has 0 aliphatic carbocycles. The van der Waals surface area contributed by atoms with E-state index < -0.39 is 0 Å². The fraction of sp³-hybridized carbons (Fsp3) is 0.333. The first-order valence-corrected chi connectivity index (χ1v) is 7.16. The number of ether oxygens (including phenoxy) is 1. The maximum Gasteiger partial charge on any atom is 0.255 e. The van der Waals surface area contributed by atoms with Crippen molar-refractivity contribution in [3.63, 3.8) is 0 Å². The first kappa shape index (κ1) is 15.3. The molecular formula is C15H18N2O3S. The van der Waals surface area contributed by atoms with Gasteiger partial charge in [-0.2, -0.15) is 0 Å². The molecule has 21 heavy (non-hydrogen) atoms. The Balaban J connectivity index is 2.43. The van der Waals surface area contributed by atoms with Crippen molar-refractivity contribution >= 4 is 12.2 Å². The molecule has 0 aliphatic heterocycles. The van der Waals surface area contributed by atoms with E-state index in [4.69, 9.17) is 17.0 Å². The number of aryl methyl sites for hydroxylation is 1. The van der Waals surface area contributed by atoms with Crippen molar-refractivity contribution in [2.75, 3.05) is 7.11 Å². The Kier molecular flexibility index (Phi) is 4.80. The highest BCUT2D eigenvalue weighted by molar-refractivity contribution is 7.71. The molecule has 0 radical (unpaired) electrons.